The third-order valence-electron chi connectivity index (χ3n) is 1.72. The molecule has 0 saturated carbocycles. The monoisotopic (exact) mass is 154 g/mol. The van der Waals surface area contributed by atoms with Gasteiger partial charge in [0.05, 0.1) is 0 Å². The highest BCUT2D eigenvalue weighted by atomic mass is 14.7. The van der Waals surface area contributed by atoms with Gasteiger partial charge in [0.15, 0.2) is 0 Å². The lowest BCUT2D eigenvalue weighted by Gasteiger charge is -2.13. The standard InChI is InChI=1S/C8H8B2N2/c1-11-5-3-4-6(12-2)8(10)7(5)9/h3-4H,1-2H3. The van der Waals surface area contributed by atoms with Crippen molar-refractivity contribution in [2.75, 3.05) is 14.1 Å². The maximum atomic E-state index is 5.69. The van der Waals surface area contributed by atoms with Crippen LogP contribution in [0.5, 0.6) is 0 Å². The maximum Gasteiger partial charge on any atom is 0.116 e. The zero-order chi connectivity index (χ0) is 9.14. The minimum atomic E-state index is 0.501. The van der Waals surface area contributed by atoms with Crippen LogP contribution in [0, 0.1) is 0 Å². The summed E-state index contributed by atoms with van der Waals surface area (Å²) in [5, 5.41) is 0. The average molecular weight is 154 g/mol. The maximum absolute atomic E-state index is 5.69. The van der Waals surface area contributed by atoms with E-state index in [4.69, 9.17) is 15.7 Å². The van der Waals surface area contributed by atoms with Crippen molar-refractivity contribution in [2.24, 2.45) is 9.98 Å². The largest absolute Gasteiger partial charge is 0.289 e. The Morgan fingerprint density at radius 2 is 1.25 bits per heavy atom. The van der Waals surface area contributed by atoms with Gasteiger partial charge in [0, 0.05) is 25.5 Å². The highest BCUT2D eigenvalue weighted by Crippen LogP contribution is 2.10. The molecule has 4 radical (unpaired) electrons. The summed E-state index contributed by atoms with van der Waals surface area (Å²) >= 11 is 0. The predicted octanol–water partition coefficient (Wildman–Crippen LogP) is 0.246. The third-order valence-corrected chi connectivity index (χ3v) is 1.72. The van der Waals surface area contributed by atoms with Crippen molar-refractivity contribution in [1.29, 1.82) is 0 Å². The van der Waals surface area contributed by atoms with Crippen LogP contribution in [0.1, 0.15) is 0 Å². The van der Waals surface area contributed by atoms with E-state index in [1.165, 1.54) is 0 Å². The molecule has 0 saturated heterocycles. The van der Waals surface area contributed by atoms with Gasteiger partial charge in [0.25, 0.3) is 0 Å². The molecular weight excluding hydrogens is 146 g/mol. The first kappa shape index (κ1) is 9.04. The topological polar surface area (TPSA) is 24.7 Å². The zero-order valence-corrected chi connectivity index (χ0v) is 7.20. The smallest absolute Gasteiger partial charge is 0.116 e. The fraction of sp³-hybridized carbons (Fsp3) is 0.250. The van der Waals surface area contributed by atoms with Gasteiger partial charge in [-0.3, -0.25) is 9.98 Å². The summed E-state index contributed by atoms with van der Waals surface area (Å²) in [5.41, 5.74) is 2.42. The molecule has 0 spiro atoms. The van der Waals surface area contributed by atoms with Crippen LogP contribution in [0.15, 0.2) is 33.1 Å². The Labute approximate surface area is 75.0 Å². The molecule has 12 heavy (non-hydrogen) atoms. The molecule has 0 bridgehead atoms. The lowest BCUT2D eigenvalue weighted by atomic mass is 9.73. The molecule has 4 heteroatoms. The number of allylic oxidation sites excluding steroid dienone is 4. The molecule has 1 rings (SSSR count). The van der Waals surface area contributed by atoms with E-state index in [-0.39, 0.29) is 0 Å². The van der Waals surface area contributed by atoms with E-state index >= 15 is 0 Å². The number of hydrogen-bond donors (Lipinski definition) is 0. The van der Waals surface area contributed by atoms with Crippen LogP contribution < -0.4 is 0 Å². The highest BCUT2D eigenvalue weighted by molar-refractivity contribution is 6.54. The fourth-order valence-electron chi connectivity index (χ4n) is 1.00. The van der Waals surface area contributed by atoms with Crippen LogP contribution in [0.2, 0.25) is 0 Å². The van der Waals surface area contributed by atoms with Gasteiger partial charge in [0.1, 0.15) is 15.7 Å². The second-order valence-electron chi connectivity index (χ2n) is 2.38. The SMILES string of the molecule is [B]C1=C([B])C(=NC)C=CC1=NC. The van der Waals surface area contributed by atoms with Gasteiger partial charge in [0.2, 0.25) is 0 Å². The zero-order valence-electron chi connectivity index (χ0n) is 7.20. The Kier molecular flexibility index (Phi) is 2.69. The summed E-state index contributed by atoms with van der Waals surface area (Å²) in [5.74, 6) is 0. The second-order valence-corrected chi connectivity index (χ2v) is 2.38. The second kappa shape index (κ2) is 3.57. The van der Waals surface area contributed by atoms with Gasteiger partial charge in [-0.15, -0.1) is 0 Å². The Morgan fingerprint density at radius 1 is 0.917 bits per heavy atom. The van der Waals surface area contributed by atoms with Gasteiger partial charge >= 0.3 is 0 Å². The Hall–Kier alpha value is -1.05. The third kappa shape index (κ3) is 1.42. The molecule has 56 valence electrons. The van der Waals surface area contributed by atoms with Crippen LogP contribution in [-0.4, -0.2) is 41.2 Å². The molecule has 0 N–H and O–H groups in total. The van der Waals surface area contributed by atoms with Crippen molar-refractivity contribution in [1.82, 2.24) is 0 Å². The summed E-state index contributed by atoms with van der Waals surface area (Å²) < 4.78 is 0. The molecule has 0 atom stereocenters. The van der Waals surface area contributed by atoms with Crippen molar-refractivity contribution in [3.8, 4) is 0 Å². The van der Waals surface area contributed by atoms with E-state index in [0.29, 0.717) is 22.4 Å². The van der Waals surface area contributed by atoms with Gasteiger partial charge in [-0.1, -0.05) is 10.9 Å². The van der Waals surface area contributed by atoms with Crippen molar-refractivity contribution in [2.45, 2.75) is 0 Å². The lowest BCUT2D eigenvalue weighted by molar-refractivity contribution is 1.42. The van der Waals surface area contributed by atoms with Crippen LogP contribution >= 0.6 is 0 Å². The van der Waals surface area contributed by atoms with Gasteiger partial charge in [-0.05, 0) is 12.2 Å². The molecule has 2 nitrogen and oxygen atoms in total. The summed E-state index contributed by atoms with van der Waals surface area (Å²) in [7, 11) is 14.7. The number of aliphatic imine (C=N–C) groups is 2. The Bertz CT molecular complexity index is 281. The van der Waals surface area contributed by atoms with E-state index < -0.39 is 0 Å². The summed E-state index contributed by atoms with van der Waals surface area (Å²) in [6.07, 6.45) is 3.60. The molecule has 1 aliphatic rings. The Morgan fingerprint density at radius 3 is 1.50 bits per heavy atom. The molecule has 0 aromatic carbocycles. The van der Waals surface area contributed by atoms with Gasteiger partial charge < -0.3 is 0 Å². The Balaban J connectivity index is 3.16. The van der Waals surface area contributed by atoms with Crippen LogP contribution in [0.4, 0.5) is 0 Å². The number of hydrogen-bond acceptors (Lipinski definition) is 2. The first-order valence-corrected chi connectivity index (χ1v) is 3.58. The number of nitrogens with zero attached hydrogens (tertiary/aromatic N) is 2. The minimum Gasteiger partial charge on any atom is -0.289 e. The van der Waals surface area contributed by atoms with Crippen molar-refractivity contribution < 1.29 is 0 Å². The molecule has 0 aliphatic heterocycles. The summed E-state index contributed by atoms with van der Waals surface area (Å²) in [6.45, 7) is 0. The van der Waals surface area contributed by atoms with E-state index in [9.17, 15) is 0 Å². The molecule has 0 fully saturated rings. The molecule has 0 unspecified atom stereocenters. The summed E-state index contributed by atoms with van der Waals surface area (Å²) in [6, 6.07) is 0. The molecule has 1 aliphatic carbocycles. The highest BCUT2D eigenvalue weighted by Gasteiger charge is 2.09. The first-order chi connectivity index (χ1) is 5.70. The summed E-state index contributed by atoms with van der Waals surface area (Å²) in [4.78, 5) is 7.92. The molecule has 0 aromatic rings. The van der Waals surface area contributed by atoms with Crippen molar-refractivity contribution in [3.63, 3.8) is 0 Å². The quantitative estimate of drug-likeness (QED) is 0.352. The van der Waals surface area contributed by atoms with Gasteiger partial charge in [-0.2, -0.15) is 0 Å². The average Bonchev–Trinajstić information content (AvgIpc) is 2.10. The van der Waals surface area contributed by atoms with Crippen molar-refractivity contribution >= 4 is 27.1 Å². The van der Waals surface area contributed by atoms with E-state index in [1.807, 2.05) is 0 Å². The molecule has 0 heterocycles. The van der Waals surface area contributed by atoms with Crippen molar-refractivity contribution in [3.05, 3.63) is 23.1 Å². The normalized spacial score (nSPS) is 24.2. The lowest BCUT2D eigenvalue weighted by Crippen LogP contribution is -2.15. The molecule has 0 aromatic heterocycles. The minimum absolute atomic E-state index is 0.501. The van der Waals surface area contributed by atoms with E-state index in [0.717, 1.165) is 0 Å². The molecule has 0 amide bonds. The fourth-order valence-corrected chi connectivity index (χ4v) is 1.00. The predicted molar refractivity (Wildman–Crippen MR) is 54.4 cm³/mol. The van der Waals surface area contributed by atoms with Gasteiger partial charge in [-0.25, -0.2) is 0 Å². The van der Waals surface area contributed by atoms with E-state index in [1.54, 1.807) is 26.2 Å². The molecular formula is C8H8B2N2. The first-order valence-electron chi connectivity index (χ1n) is 3.58. The van der Waals surface area contributed by atoms with Crippen LogP contribution in [0.3, 0.4) is 0 Å². The number of rotatable bonds is 0. The van der Waals surface area contributed by atoms with Crippen LogP contribution in [0.25, 0.3) is 0 Å². The van der Waals surface area contributed by atoms with E-state index in [2.05, 4.69) is 9.98 Å². The van der Waals surface area contributed by atoms with Crippen LogP contribution in [-0.2, 0) is 0 Å².